The molecule has 0 bridgehead atoms. The van der Waals surface area contributed by atoms with Gasteiger partial charge in [0.05, 0.1) is 5.52 Å². The van der Waals surface area contributed by atoms with Gasteiger partial charge in [0.25, 0.3) is 5.91 Å². The van der Waals surface area contributed by atoms with Crippen molar-refractivity contribution in [2.24, 2.45) is 0 Å². The third-order valence-corrected chi connectivity index (χ3v) is 7.86. The normalized spacial score (nSPS) is 15.6. The number of fused-ring (bicyclic) bond motifs is 1. The summed E-state index contributed by atoms with van der Waals surface area (Å²) < 4.78 is 6.03. The van der Waals surface area contributed by atoms with Crippen LogP contribution < -0.4 is 14.9 Å². The Morgan fingerprint density at radius 1 is 1.17 bits per heavy atom. The Kier molecular flexibility index (Phi) is 6.84. The fraction of sp³-hybridized carbons (Fsp3) is 0.333. The monoisotopic (exact) mass is 503 g/mol. The van der Waals surface area contributed by atoms with E-state index in [-0.39, 0.29) is 16.2 Å². The first-order valence-electron chi connectivity index (χ1n) is 12.0. The number of ether oxygens (including phenoxy) is 1. The number of para-hydroxylation sites is 1. The lowest BCUT2D eigenvalue weighted by Gasteiger charge is -2.39. The molecule has 0 aliphatic carbocycles. The summed E-state index contributed by atoms with van der Waals surface area (Å²) in [4.78, 5) is 31.4. The highest BCUT2D eigenvalue weighted by Crippen LogP contribution is 2.34. The van der Waals surface area contributed by atoms with E-state index in [1.54, 1.807) is 12.1 Å². The first kappa shape index (κ1) is 24.1. The number of carbonyl (C=O) groups excluding carboxylic acids is 1. The van der Waals surface area contributed by atoms with Gasteiger partial charge < -0.3 is 15.0 Å². The van der Waals surface area contributed by atoms with Gasteiger partial charge in [-0.3, -0.25) is 14.6 Å². The Labute approximate surface area is 213 Å². The van der Waals surface area contributed by atoms with Crippen LogP contribution in [0.3, 0.4) is 0 Å². The smallest absolute Gasteiger partial charge is 0.322 e. The lowest BCUT2D eigenvalue weighted by molar-refractivity contribution is 0.0927. The zero-order valence-electron chi connectivity index (χ0n) is 20.4. The van der Waals surface area contributed by atoms with Gasteiger partial charge in [0.15, 0.2) is 0 Å². The van der Waals surface area contributed by atoms with Crippen LogP contribution in [0.2, 0.25) is 0 Å². The van der Waals surface area contributed by atoms with Crippen LogP contribution in [-0.4, -0.2) is 52.7 Å². The molecule has 186 valence electrons. The quantitative estimate of drug-likeness (QED) is 0.399. The first-order chi connectivity index (χ1) is 17.4. The number of likely N-dealkylation sites (tertiary alicyclic amines) is 1. The Morgan fingerprint density at radius 3 is 2.64 bits per heavy atom. The van der Waals surface area contributed by atoms with E-state index in [4.69, 9.17) is 4.74 Å². The molecule has 4 aromatic rings. The van der Waals surface area contributed by atoms with E-state index < -0.39 is 0 Å². The molecule has 1 amide bonds. The molecule has 9 heteroatoms. The van der Waals surface area contributed by atoms with Gasteiger partial charge in [-0.15, -0.1) is 0 Å². The third kappa shape index (κ3) is 5.17. The summed E-state index contributed by atoms with van der Waals surface area (Å²) in [5.74, 6) is 0.539. The summed E-state index contributed by atoms with van der Waals surface area (Å²) in [5.41, 5.74) is 3.20. The Balaban J connectivity index is 1.23. The van der Waals surface area contributed by atoms with E-state index in [1.165, 1.54) is 0 Å². The second kappa shape index (κ2) is 10.2. The van der Waals surface area contributed by atoms with Crippen molar-refractivity contribution in [1.82, 2.24) is 25.4 Å². The van der Waals surface area contributed by atoms with Crippen LogP contribution in [-0.2, 0) is 12.0 Å². The van der Waals surface area contributed by atoms with Crippen molar-refractivity contribution in [3.05, 3.63) is 86.1 Å². The number of amides is 1. The van der Waals surface area contributed by atoms with E-state index in [9.17, 15) is 9.59 Å². The molecule has 8 nitrogen and oxygen atoms in total. The van der Waals surface area contributed by atoms with Crippen LogP contribution >= 0.6 is 11.3 Å². The molecule has 36 heavy (non-hydrogen) atoms. The number of aromatic amines is 1. The van der Waals surface area contributed by atoms with E-state index >= 15 is 0 Å². The van der Waals surface area contributed by atoms with E-state index in [1.807, 2.05) is 49.4 Å². The number of carbonyl (C=O) groups is 1. The number of aryl methyl sites for hydroxylation is 1. The molecule has 0 atom stereocenters. The van der Waals surface area contributed by atoms with Crippen LogP contribution in [0.5, 0.6) is 5.75 Å². The van der Waals surface area contributed by atoms with Gasteiger partial charge in [-0.05, 0) is 76.3 Å². The molecule has 0 radical (unpaired) electrons. The summed E-state index contributed by atoms with van der Waals surface area (Å²) >= 11 is 1.14. The molecule has 1 saturated heterocycles. The average Bonchev–Trinajstić information content (AvgIpc) is 3.34. The first-order valence-corrected chi connectivity index (χ1v) is 12.8. The number of rotatable bonds is 7. The molecule has 5 rings (SSSR count). The summed E-state index contributed by atoms with van der Waals surface area (Å²) in [5, 5.41) is 11.7. The van der Waals surface area contributed by atoms with Crippen molar-refractivity contribution in [3.63, 3.8) is 0 Å². The summed E-state index contributed by atoms with van der Waals surface area (Å²) in [6.07, 6.45) is 1.67. The fourth-order valence-corrected chi connectivity index (χ4v) is 5.55. The molecule has 2 aromatic heterocycles. The molecule has 0 spiro atoms. The summed E-state index contributed by atoms with van der Waals surface area (Å²) in [6.45, 7) is 4.61. The highest BCUT2D eigenvalue weighted by atomic mass is 32.1. The maximum absolute atomic E-state index is 12.9. The molecule has 0 unspecified atom stereocenters. The van der Waals surface area contributed by atoms with Crippen molar-refractivity contribution >= 4 is 28.1 Å². The number of pyridine rings is 1. The van der Waals surface area contributed by atoms with Gasteiger partial charge >= 0.3 is 4.87 Å². The maximum Gasteiger partial charge on any atom is 0.322 e. The molecule has 1 fully saturated rings. The number of nitrogens with zero attached hydrogens (tertiary/aromatic N) is 3. The van der Waals surface area contributed by atoms with Crippen molar-refractivity contribution < 1.29 is 9.53 Å². The second-order valence-electron chi connectivity index (χ2n) is 9.44. The van der Waals surface area contributed by atoms with Gasteiger partial charge in [0, 0.05) is 34.2 Å². The molecular formula is C27H29N5O3S. The molecule has 1 aliphatic rings. The minimum atomic E-state index is -0.333. The predicted molar refractivity (Wildman–Crippen MR) is 141 cm³/mol. The van der Waals surface area contributed by atoms with Crippen LogP contribution in [0.1, 0.15) is 39.5 Å². The number of aromatic nitrogens is 3. The van der Waals surface area contributed by atoms with Crippen LogP contribution in [0.4, 0.5) is 0 Å². The number of nitrogens with one attached hydrogen (secondary N) is 2. The zero-order chi connectivity index (χ0) is 25.1. The molecular weight excluding hydrogens is 474 g/mol. The third-order valence-electron chi connectivity index (χ3n) is 6.86. The lowest BCUT2D eigenvalue weighted by atomic mass is 9.79. The Hall–Kier alpha value is -3.56. The number of hydrogen-bond donors (Lipinski definition) is 2. The summed E-state index contributed by atoms with van der Waals surface area (Å²) in [6, 6.07) is 17.2. The predicted octanol–water partition coefficient (Wildman–Crippen LogP) is 3.66. The highest BCUT2D eigenvalue weighted by molar-refractivity contribution is 7.09. The zero-order valence-corrected chi connectivity index (χ0v) is 21.2. The van der Waals surface area contributed by atoms with Crippen molar-refractivity contribution in [3.8, 4) is 5.75 Å². The Morgan fingerprint density at radius 2 is 1.92 bits per heavy atom. The topological polar surface area (TPSA) is 100 Å². The minimum Gasteiger partial charge on any atom is -0.489 e. The van der Waals surface area contributed by atoms with Gasteiger partial charge in [-0.2, -0.15) is 5.10 Å². The van der Waals surface area contributed by atoms with Crippen LogP contribution in [0.25, 0.3) is 10.9 Å². The highest BCUT2D eigenvalue weighted by Gasteiger charge is 2.39. The average molecular weight is 504 g/mol. The van der Waals surface area contributed by atoms with Gasteiger partial charge in [0.2, 0.25) is 0 Å². The largest absolute Gasteiger partial charge is 0.489 e. The lowest BCUT2D eigenvalue weighted by Crippen LogP contribution is -2.48. The van der Waals surface area contributed by atoms with Crippen molar-refractivity contribution in [1.29, 1.82) is 0 Å². The SMILES string of the molecule is Cc1cc(COc2ccc(C(=O)NCC3(c4n[nH]c(=O)s4)CCN(C)CC3)cc2)c2ccccc2n1. The number of hydrogen-bond acceptors (Lipinski definition) is 7. The second-order valence-corrected chi connectivity index (χ2v) is 10.4. The van der Waals surface area contributed by atoms with Crippen LogP contribution in [0.15, 0.2) is 59.4 Å². The van der Waals surface area contributed by atoms with E-state index in [2.05, 4.69) is 32.4 Å². The van der Waals surface area contributed by atoms with Gasteiger partial charge in [-0.25, -0.2) is 5.10 Å². The molecule has 2 N–H and O–H groups in total. The van der Waals surface area contributed by atoms with Crippen molar-refractivity contribution in [2.45, 2.75) is 31.8 Å². The molecule has 1 aliphatic heterocycles. The fourth-order valence-electron chi connectivity index (χ4n) is 4.70. The Bertz CT molecular complexity index is 1420. The van der Waals surface area contributed by atoms with E-state index in [0.717, 1.165) is 64.4 Å². The number of benzene rings is 2. The van der Waals surface area contributed by atoms with E-state index in [0.29, 0.717) is 24.5 Å². The van der Waals surface area contributed by atoms with Gasteiger partial charge in [-0.1, -0.05) is 29.5 Å². The molecule has 0 saturated carbocycles. The number of H-pyrrole nitrogens is 1. The standard InChI is InChI=1S/C27H29N5O3S/c1-18-15-20(22-5-3-4-6-23(22)29-18)16-35-21-9-7-19(8-10-21)24(33)28-17-27(11-13-32(2)14-12-27)25-30-31-26(34)36-25/h3-10,15H,11-14,16-17H2,1-2H3,(H,28,33)(H,31,34). The molecule has 3 heterocycles. The van der Waals surface area contributed by atoms with Crippen molar-refractivity contribution in [2.75, 3.05) is 26.7 Å². The number of piperidine rings is 1. The maximum atomic E-state index is 12.9. The molecule has 2 aromatic carbocycles. The minimum absolute atomic E-state index is 0.154. The summed E-state index contributed by atoms with van der Waals surface area (Å²) in [7, 11) is 2.08. The van der Waals surface area contributed by atoms with Crippen LogP contribution in [0, 0.1) is 6.92 Å². The van der Waals surface area contributed by atoms with Gasteiger partial charge in [0.1, 0.15) is 17.4 Å².